The maximum absolute atomic E-state index is 11.9. The Hall–Kier alpha value is -2.19. The summed E-state index contributed by atoms with van der Waals surface area (Å²) >= 11 is 0. The number of morpholine rings is 1. The molecule has 1 aliphatic heterocycles. The first kappa shape index (κ1) is 20.1. The summed E-state index contributed by atoms with van der Waals surface area (Å²) in [5.41, 5.74) is 0.994. The number of nitrogens with one attached hydrogen (secondary N) is 2. The van der Waals surface area contributed by atoms with Crippen molar-refractivity contribution in [3.63, 3.8) is 0 Å². The number of benzene rings is 1. The Morgan fingerprint density at radius 2 is 1.65 bits per heavy atom. The molecular formula is C18H29N3O5. The lowest BCUT2D eigenvalue weighted by atomic mass is 10.1. The zero-order chi connectivity index (χ0) is 18.8. The molecule has 1 saturated heterocycles. The van der Waals surface area contributed by atoms with Crippen molar-refractivity contribution in [3.05, 3.63) is 17.7 Å². The second-order valence-corrected chi connectivity index (χ2v) is 5.92. The molecule has 1 fully saturated rings. The van der Waals surface area contributed by atoms with Crippen molar-refractivity contribution in [2.45, 2.75) is 6.42 Å². The van der Waals surface area contributed by atoms with Gasteiger partial charge in [-0.25, -0.2) is 4.79 Å². The number of hydrogen-bond acceptors (Lipinski definition) is 6. The van der Waals surface area contributed by atoms with Crippen LogP contribution in [0, 0.1) is 0 Å². The maximum atomic E-state index is 11.9. The topological polar surface area (TPSA) is 81.3 Å². The van der Waals surface area contributed by atoms with Crippen molar-refractivity contribution < 1.29 is 23.7 Å². The number of ether oxygens (including phenoxy) is 4. The number of nitrogens with zero attached hydrogens (tertiary/aromatic N) is 1. The summed E-state index contributed by atoms with van der Waals surface area (Å²) in [6.45, 7) is 5.35. The van der Waals surface area contributed by atoms with Gasteiger partial charge < -0.3 is 29.6 Å². The molecule has 0 saturated carbocycles. The van der Waals surface area contributed by atoms with E-state index in [4.69, 9.17) is 18.9 Å². The van der Waals surface area contributed by atoms with Gasteiger partial charge in [0.05, 0.1) is 34.5 Å². The summed E-state index contributed by atoms with van der Waals surface area (Å²) in [5.74, 6) is 1.78. The van der Waals surface area contributed by atoms with Gasteiger partial charge in [-0.05, 0) is 24.1 Å². The van der Waals surface area contributed by atoms with Crippen molar-refractivity contribution in [2.75, 3.05) is 67.3 Å². The van der Waals surface area contributed by atoms with E-state index in [-0.39, 0.29) is 6.03 Å². The van der Waals surface area contributed by atoms with Gasteiger partial charge in [0.2, 0.25) is 5.75 Å². The average molecular weight is 367 g/mol. The first-order valence-corrected chi connectivity index (χ1v) is 8.78. The monoisotopic (exact) mass is 367 g/mol. The molecule has 146 valence electrons. The number of urea groups is 1. The molecule has 2 rings (SSSR count). The third-order valence-electron chi connectivity index (χ3n) is 4.24. The zero-order valence-electron chi connectivity index (χ0n) is 15.8. The van der Waals surface area contributed by atoms with E-state index in [2.05, 4.69) is 15.5 Å². The lowest BCUT2D eigenvalue weighted by molar-refractivity contribution is 0.0387. The zero-order valence-corrected chi connectivity index (χ0v) is 15.8. The Kier molecular flexibility index (Phi) is 8.30. The average Bonchev–Trinajstić information content (AvgIpc) is 2.68. The third-order valence-corrected chi connectivity index (χ3v) is 4.24. The Morgan fingerprint density at radius 3 is 2.23 bits per heavy atom. The van der Waals surface area contributed by atoms with E-state index >= 15 is 0 Å². The van der Waals surface area contributed by atoms with E-state index in [1.807, 2.05) is 12.1 Å². The molecule has 0 radical (unpaired) electrons. The predicted molar refractivity (Wildman–Crippen MR) is 98.5 cm³/mol. The molecule has 0 atom stereocenters. The second-order valence-electron chi connectivity index (χ2n) is 5.92. The van der Waals surface area contributed by atoms with Gasteiger partial charge in [0.25, 0.3) is 0 Å². The van der Waals surface area contributed by atoms with Crippen molar-refractivity contribution in [1.29, 1.82) is 0 Å². The molecule has 2 N–H and O–H groups in total. The number of methoxy groups -OCH3 is 3. The molecular weight excluding hydrogens is 338 g/mol. The molecule has 0 aromatic heterocycles. The fourth-order valence-electron chi connectivity index (χ4n) is 2.81. The first-order valence-electron chi connectivity index (χ1n) is 8.78. The molecule has 8 nitrogen and oxygen atoms in total. The molecule has 0 bridgehead atoms. The Labute approximate surface area is 154 Å². The normalized spacial score (nSPS) is 14.6. The van der Waals surface area contributed by atoms with E-state index in [1.165, 1.54) is 0 Å². The molecule has 8 heteroatoms. The van der Waals surface area contributed by atoms with Crippen LogP contribution in [0.25, 0.3) is 0 Å². The summed E-state index contributed by atoms with van der Waals surface area (Å²) in [6, 6.07) is 3.62. The molecule has 26 heavy (non-hydrogen) atoms. The van der Waals surface area contributed by atoms with Gasteiger partial charge in [0, 0.05) is 32.7 Å². The van der Waals surface area contributed by atoms with Crippen LogP contribution < -0.4 is 24.8 Å². The Balaban J connectivity index is 1.73. The van der Waals surface area contributed by atoms with E-state index < -0.39 is 0 Å². The molecule has 0 aliphatic carbocycles. The van der Waals surface area contributed by atoms with Crippen LogP contribution in [0.5, 0.6) is 17.2 Å². The molecule has 2 amide bonds. The van der Waals surface area contributed by atoms with E-state index in [0.717, 1.165) is 38.4 Å². The summed E-state index contributed by atoms with van der Waals surface area (Å²) in [4.78, 5) is 14.2. The van der Waals surface area contributed by atoms with Crippen LogP contribution in [0.2, 0.25) is 0 Å². The summed E-state index contributed by atoms with van der Waals surface area (Å²) < 4.78 is 21.3. The van der Waals surface area contributed by atoms with Crippen LogP contribution in [-0.2, 0) is 11.2 Å². The molecule has 1 heterocycles. The minimum absolute atomic E-state index is 0.161. The third kappa shape index (κ3) is 5.96. The minimum Gasteiger partial charge on any atom is -0.493 e. The number of hydrogen-bond donors (Lipinski definition) is 2. The minimum atomic E-state index is -0.161. The van der Waals surface area contributed by atoms with Crippen LogP contribution in [0.4, 0.5) is 4.79 Å². The largest absolute Gasteiger partial charge is 0.493 e. The van der Waals surface area contributed by atoms with Crippen LogP contribution in [-0.4, -0.2) is 78.2 Å². The lowest BCUT2D eigenvalue weighted by Gasteiger charge is -2.26. The molecule has 0 unspecified atom stereocenters. The standard InChI is InChI=1S/C18H29N3O5/c1-23-15-12-14(13-16(24-2)17(15)25-3)4-5-19-18(22)20-6-7-21-8-10-26-11-9-21/h12-13H,4-11H2,1-3H3,(H2,19,20,22). The van der Waals surface area contributed by atoms with Crippen LogP contribution in [0.3, 0.4) is 0 Å². The second kappa shape index (κ2) is 10.7. The van der Waals surface area contributed by atoms with Crippen molar-refractivity contribution >= 4 is 6.03 Å². The maximum Gasteiger partial charge on any atom is 0.314 e. The Morgan fingerprint density at radius 1 is 1.04 bits per heavy atom. The van der Waals surface area contributed by atoms with Crippen molar-refractivity contribution in [2.24, 2.45) is 0 Å². The smallest absolute Gasteiger partial charge is 0.314 e. The highest BCUT2D eigenvalue weighted by Gasteiger charge is 2.13. The predicted octanol–water partition coefficient (Wildman–Crippen LogP) is 0.886. The van der Waals surface area contributed by atoms with E-state index in [0.29, 0.717) is 36.8 Å². The number of rotatable bonds is 9. The number of carbonyl (C=O) groups excluding carboxylic acids is 1. The SMILES string of the molecule is COc1cc(CCNC(=O)NCCN2CCOCC2)cc(OC)c1OC. The molecule has 1 aromatic rings. The van der Waals surface area contributed by atoms with Crippen molar-refractivity contribution in [3.8, 4) is 17.2 Å². The highest BCUT2D eigenvalue weighted by Crippen LogP contribution is 2.38. The lowest BCUT2D eigenvalue weighted by Crippen LogP contribution is -2.44. The molecule has 0 spiro atoms. The quantitative estimate of drug-likeness (QED) is 0.675. The summed E-state index contributed by atoms with van der Waals surface area (Å²) in [6.07, 6.45) is 0.660. The fraction of sp³-hybridized carbons (Fsp3) is 0.611. The summed E-state index contributed by atoms with van der Waals surface area (Å²) in [5, 5.41) is 5.74. The van der Waals surface area contributed by atoms with Gasteiger partial charge >= 0.3 is 6.03 Å². The van der Waals surface area contributed by atoms with Crippen LogP contribution >= 0.6 is 0 Å². The van der Waals surface area contributed by atoms with Crippen LogP contribution in [0.1, 0.15) is 5.56 Å². The van der Waals surface area contributed by atoms with Crippen LogP contribution in [0.15, 0.2) is 12.1 Å². The Bertz CT molecular complexity index is 551. The van der Waals surface area contributed by atoms with Gasteiger partial charge in [-0.1, -0.05) is 0 Å². The van der Waals surface area contributed by atoms with Gasteiger partial charge in [0.15, 0.2) is 11.5 Å². The van der Waals surface area contributed by atoms with Gasteiger partial charge in [-0.3, -0.25) is 4.90 Å². The number of carbonyl (C=O) groups is 1. The highest BCUT2D eigenvalue weighted by atomic mass is 16.5. The van der Waals surface area contributed by atoms with Gasteiger partial charge in [-0.2, -0.15) is 0 Å². The van der Waals surface area contributed by atoms with Gasteiger partial charge in [0.1, 0.15) is 0 Å². The van der Waals surface area contributed by atoms with E-state index in [1.54, 1.807) is 21.3 Å². The highest BCUT2D eigenvalue weighted by molar-refractivity contribution is 5.73. The number of amides is 2. The molecule has 1 aromatic carbocycles. The van der Waals surface area contributed by atoms with E-state index in [9.17, 15) is 4.79 Å². The summed E-state index contributed by atoms with van der Waals surface area (Å²) in [7, 11) is 4.74. The fourth-order valence-corrected chi connectivity index (χ4v) is 2.81. The molecule has 1 aliphatic rings. The van der Waals surface area contributed by atoms with Gasteiger partial charge in [-0.15, -0.1) is 0 Å². The van der Waals surface area contributed by atoms with Crippen molar-refractivity contribution in [1.82, 2.24) is 15.5 Å². The first-order chi connectivity index (χ1) is 12.7.